The second-order valence-electron chi connectivity index (χ2n) is 11.8. The highest BCUT2D eigenvalue weighted by Gasteiger charge is 2.52. The molecule has 1 aliphatic carbocycles. The van der Waals surface area contributed by atoms with Crippen LogP contribution in [0.15, 0.2) is 48.8 Å². The Morgan fingerprint density at radius 2 is 1.70 bits per heavy atom. The molecule has 2 amide bonds. The number of hydrogen-bond donors (Lipinski definition) is 1. The smallest absolute Gasteiger partial charge is 0.410 e. The summed E-state index contributed by atoms with van der Waals surface area (Å²) in [5.74, 6) is 1.81. The van der Waals surface area contributed by atoms with Gasteiger partial charge in [-0.1, -0.05) is 18.2 Å². The molecule has 1 saturated heterocycles. The normalized spacial score (nSPS) is 21.4. The van der Waals surface area contributed by atoms with Crippen LogP contribution in [0.25, 0.3) is 16.6 Å². The Bertz CT molecular complexity index is 1310. The number of fused-ring (bicyclic) bond motifs is 3. The fourth-order valence-electron chi connectivity index (χ4n) is 5.74. The van der Waals surface area contributed by atoms with Crippen molar-refractivity contribution in [3.05, 3.63) is 54.6 Å². The van der Waals surface area contributed by atoms with Gasteiger partial charge in [0.05, 0.1) is 24.4 Å². The van der Waals surface area contributed by atoms with Gasteiger partial charge in [-0.3, -0.25) is 4.79 Å². The van der Waals surface area contributed by atoms with Crippen LogP contribution < -0.4 is 10.1 Å². The number of nitrogens with one attached hydrogen (secondary N) is 1. The van der Waals surface area contributed by atoms with Crippen molar-refractivity contribution in [2.75, 3.05) is 20.2 Å². The molecule has 5 rings (SSSR count). The summed E-state index contributed by atoms with van der Waals surface area (Å²) in [5, 5.41) is 3.26. The maximum absolute atomic E-state index is 13.4. The van der Waals surface area contributed by atoms with E-state index in [0.29, 0.717) is 13.1 Å². The number of piperidine rings is 2. The van der Waals surface area contributed by atoms with Gasteiger partial charge in [0.15, 0.2) is 0 Å². The maximum atomic E-state index is 13.4. The fourth-order valence-corrected chi connectivity index (χ4v) is 5.74. The van der Waals surface area contributed by atoms with Gasteiger partial charge in [-0.25, -0.2) is 9.78 Å². The summed E-state index contributed by atoms with van der Waals surface area (Å²) >= 11 is 0. The van der Waals surface area contributed by atoms with Gasteiger partial charge >= 0.3 is 6.09 Å². The van der Waals surface area contributed by atoms with Crippen molar-refractivity contribution in [2.24, 2.45) is 17.8 Å². The molecule has 1 aromatic carbocycles. The third kappa shape index (κ3) is 4.77. The van der Waals surface area contributed by atoms with E-state index < -0.39 is 11.1 Å². The van der Waals surface area contributed by atoms with Gasteiger partial charge in [0, 0.05) is 30.8 Å². The number of methoxy groups -OCH3 is 1. The molecule has 37 heavy (non-hydrogen) atoms. The van der Waals surface area contributed by atoms with E-state index in [2.05, 4.69) is 11.4 Å². The van der Waals surface area contributed by atoms with Crippen molar-refractivity contribution < 1.29 is 19.1 Å². The van der Waals surface area contributed by atoms with Crippen molar-refractivity contribution in [3.8, 4) is 16.9 Å². The maximum Gasteiger partial charge on any atom is 0.410 e. The molecular formula is C29H36N4O4. The third-order valence-electron chi connectivity index (χ3n) is 7.45. The molecule has 0 radical (unpaired) electrons. The molecule has 2 atom stereocenters. The summed E-state index contributed by atoms with van der Waals surface area (Å²) in [7, 11) is 1.66. The summed E-state index contributed by atoms with van der Waals surface area (Å²) in [6.07, 6.45) is 4.52. The Morgan fingerprint density at radius 3 is 2.32 bits per heavy atom. The first-order valence-corrected chi connectivity index (χ1v) is 12.9. The standard InChI is InChI=1S/C29H36N4O4/c1-28(2,3)37-27(35)32-16-19-14-20(17-32)24(19)25(34)31-29(4,5)26-30-15-23-22(8-7-13-33(23)26)18-9-11-21(36-6)12-10-18/h7-13,15,19-20,24H,14,16-17H2,1-6H3,(H,31,34). The molecule has 8 nitrogen and oxygen atoms in total. The lowest BCUT2D eigenvalue weighted by molar-refractivity contribution is -0.143. The highest BCUT2D eigenvalue weighted by atomic mass is 16.6. The predicted octanol–water partition coefficient (Wildman–Crippen LogP) is 4.86. The van der Waals surface area contributed by atoms with Gasteiger partial charge in [-0.05, 0) is 76.6 Å². The van der Waals surface area contributed by atoms with Gasteiger partial charge < -0.3 is 24.1 Å². The van der Waals surface area contributed by atoms with Crippen LogP contribution >= 0.6 is 0 Å². The van der Waals surface area contributed by atoms with Gasteiger partial charge in [0.25, 0.3) is 0 Å². The number of carbonyl (C=O) groups excluding carboxylic acids is 2. The number of amides is 2. The van der Waals surface area contributed by atoms with Gasteiger partial charge in [0.2, 0.25) is 5.91 Å². The van der Waals surface area contributed by atoms with E-state index in [0.717, 1.165) is 34.6 Å². The van der Waals surface area contributed by atoms with Crippen LogP contribution in [0.3, 0.4) is 0 Å². The highest BCUT2D eigenvalue weighted by molar-refractivity contribution is 5.83. The molecule has 2 fully saturated rings. The molecule has 1 N–H and O–H groups in total. The Kier molecular flexibility index (Phi) is 6.16. The fraction of sp³-hybridized carbons (Fsp3) is 0.483. The molecule has 3 aromatic rings. The molecule has 2 unspecified atom stereocenters. The van der Waals surface area contributed by atoms with Crippen LogP contribution in [0, 0.1) is 17.8 Å². The third-order valence-corrected chi connectivity index (χ3v) is 7.45. The van der Waals surface area contributed by atoms with E-state index >= 15 is 0 Å². The molecule has 1 aliphatic heterocycles. The topological polar surface area (TPSA) is 85.2 Å². The number of rotatable bonds is 5. The number of aromatic nitrogens is 2. The van der Waals surface area contributed by atoms with E-state index in [1.165, 1.54) is 0 Å². The predicted molar refractivity (Wildman–Crippen MR) is 141 cm³/mol. The lowest BCUT2D eigenvalue weighted by Gasteiger charge is -2.52. The Balaban J connectivity index is 1.31. The van der Waals surface area contributed by atoms with E-state index in [1.54, 1.807) is 12.0 Å². The number of carbonyl (C=O) groups is 2. The van der Waals surface area contributed by atoms with Crippen LogP contribution in [0.4, 0.5) is 4.79 Å². The number of likely N-dealkylation sites (tertiary alicyclic amines) is 1. The summed E-state index contributed by atoms with van der Waals surface area (Å²) in [6, 6.07) is 12.0. The van der Waals surface area contributed by atoms with E-state index in [-0.39, 0.29) is 29.8 Å². The van der Waals surface area contributed by atoms with Crippen molar-refractivity contribution in [3.63, 3.8) is 0 Å². The van der Waals surface area contributed by atoms with Crippen LogP contribution in [0.1, 0.15) is 46.9 Å². The Morgan fingerprint density at radius 1 is 1.03 bits per heavy atom. The molecule has 3 heterocycles. The second-order valence-corrected chi connectivity index (χ2v) is 11.8. The van der Waals surface area contributed by atoms with Gasteiger partial charge in [-0.2, -0.15) is 0 Å². The number of nitrogens with zero attached hydrogens (tertiary/aromatic N) is 3. The molecule has 0 spiro atoms. The van der Waals surface area contributed by atoms with Crippen molar-refractivity contribution in [1.29, 1.82) is 0 Å². The van der Waals surface area contributed by atoms with E-state index in [4.69, 9.17) is 14.5 Å². The van der Waals surface area contributed by atoms with Crippen LogP contribution in [-0.4, -0.2) is 52.1 Å². The molecule has 1 saturated carbocycles. The number of imidazole rings is 1. The summed E-state index contributed by atoms with van der Waals surface area (Å²) < 4.78 is 12.9. The first kappa shape index (κ1) is 25.1. The highest BCUT2D eigenvalue weighted by Crippen LogP contribution is 2.46. The molecule has 8 heteroatoms. The van der Waals surface area contributed by atoms with Crippen LogP contribution in [0.2, 0.25) is 0 Å². The quantitative estimate of drug-likeness (QED) is 0.536. The minimum absolute atomic E-state index is 0.0261. The Hall–Kier alpha value is -3.55. The molecule has 2 bridgehead atoms. The van der Waals surface area contributed by atoms with E-state index in [9.17, 15) is 9.59 Å². The molecule has 2 aliphatic rings. The summed E-state index contributed by atoms with van der Waals surface area (Å²) in [5.41, 5.74) is 1.88. The summed E-state index contributed by atoms with van der Waals surface area (Å²) in [6.45, 7) is 10.7. The number of benzene rings is 1. The van der Waals surface area contributed by atoms with E-state index in [1.807, 2.05) is 81.7 Å². The van der Waals surface area contributed by atoms with Crippen LogP contribution in [-0.2, 0) is 15.1 Å². The van der Waals surface area contributed by atoms with Crippen molar-refractivity contribution >= 4 is 17.5 Å². The molecule has 196 valence electrons. The SMILES string of the molecule is COc1ccc(-c2cccn3c(C(C)(C)NC(=O)C4C5CC4CN(C(=O)OC(C)(C)C)C5)ncc23)cc1. The minimum Gasteiger partial charge on any atom is -0.497 e. The van der Waals surface area contributed by atoms with Gasteiger partial charge in [-0.15, -0.1) is 0 Å². The number of hydrogen-bond acceptors (Lipinski definition) is 5. The average molecular weight is 505 g/mol. The Labute approximate surface area is 218 Å². The lowest BCUT2D eigenvalue weighted by atomic mass is 9.61. The monoisotopic (exact) mass is 504 g/mol. The largest absolute Gasteiger partial charge is 0.497 e. The number of ether oxygens (including phenoxy) is 2. The number of pyridine rings is 1. The van der Waals surface area contributed by atoms with Gasteiger partial charge in [0.1, 0.15) is 17.2 Å². The zero-order chi connectivity index (χ0) is 26.5. The van der Waals surface area contributed by atoms with Crippen molar-refractivity contribution in [1.82, 2.24) is 19.6 Å². The first-order chi connectivity index (χ1) is 17.5. The zero-order valence-corrected chi connectivity index (χ0v) is 22.4. The van der Waals surface area contributed by atoms with Crippen LogP contribution in [0.5, 0.6) is 5.75 Å². The second kappa shape index (κ2) is 9.08. The summed E-state index contributed by atoms with van der Waals surface area (Å²) in [4.78, 5) is 32.4. The first-order valence-electron chi connectivity index (χ1n) is 12.9. The average Bonchev–Trinajstić information content (AvgIpc) is 3.28. The van der Waals surface area contributed by atoms with Crippen molar-refractivity contribution in [2.45, 2.75) is 52.2 Å². The zero-order valence-electron chi connectivity index (χ0n) is 22.4. The molecule has 2 aromatic heterocycles. The molecular weight excluding hydrogens is 468 g/mol. The lowest BCUT2D eigenvalue weighted by Crippen LogP contribution is -2.62. The minimum atomic E-state index is -0.684.